The maximum absolute atomic E-state index is 3.08. The highest BCUT2D eigenvalue weighted by Gasteiger charge is 1.83. The van der Waals surface area contributed by atoms with E-state index in [4.69, 9.17) is 0 Å². The van der Waals surface area contributed by atoms with E-state index in [2.05, 4.69) is 24.4 Å². The lowest BCUT2D eigenvalue weighted by molar-refractivity contribution is 0.674. The third-order valence-corrected chi connectivity index (χ3v) is 1.71. The number of hydrogen-bond acceptors (Lipinski definition) is 1. The predicted octanol–water partition coefficient (Wildman–Crippen LogP) is 2.73. The maximum atomic E-state index is 3.08. The van der Waals surface area contributed by atoms with Crippen LogP contribution < -0.4 is 5.32 Å². The Hall–Kier alpha value is -0.300. The Labute approximate surface area is 70.9 Å². The number of unbranched alkanes of at least 4 members (excludes halogenated alkanes) is 4. The average molecular weight is 155 g/mol. The highest BCUT2D eigenvalue weighted by Crippen LogP contribution is 2.02. The van der Waals surface area contributed by atoms with Crippen molar-refractivity contribution in [3.8, 4) is 0 Å². The maximum Gasteiger partial charge on any atom is 0.0131 e. The molecule has 0 aliphatic rings. The van der Waals surface area contributed by atoms with Crippen LogP contribution in [0.3, 0.4) is 0 Å². The van der Waals surface area contributed by atoms with Crippen LogP contribution in [-0.4, -0.2) is 13.6 Å². The molecule has 1 N–H and O–H groups in total. The zero-order chi connectivity index (χ0) is 8.36. The Bertz CT molecular complexity index is 86.9. The van der Waals surface area contributed by atoms with Crippen LogP contribution in [0.2, 0.25) is 0 Å². The first-order valence-corrected chi connectivity index (χ1v) is 4.71. The smallest absolute Gasteiger partial charge is 0.0131 e. The molecule has 0 aliphatic carbocycles. The molecule has 0 amide bonds. The van der Waals surface area contributed by atoms with E-state index in [1.54, 1.807) is 0 Å². The summed E-state index contributed by atoms with van der Waals surface area (Å²) in [6, 6.07) is 0. The molecule has 0 radical (unpaired) electrons. The van der Waals surface area contributed by atoms with Crippen molar-refractivity contribution >= 4 is 0 Å². The summed E-state index contributed by atoms with van der Waals surface area (Å²) in [5.74, 6) is 0. The minimum atomic E-state index is 1.01. The Kier molecular flexibility index (Phi) is 9.44. The van der Waals surface area contributed by atoms with Gasteiger partial charge < -0.3 is 5.32 Å². The Morgan fingerprint density at radius 3 is 2.55 bits per heavy atom. The molecule has 0 bridgehead atoms. The molecular formula is C10H21N. The molecule has 0 fully saturated rings. The van der Waals surface area contributed by atoms with Crippen molar-refractivity contribution in [2.45, 2.75) is 39.0 Å². The van der Waals surface area contributed by atoms with Crippen LogP contribution in [0.5, 0.6) is 0 Å². The SMILES string of the molecule is CCCCCC/C=C/CNC. The van der Waals surface area contributed by atoms with Crippen LogP contribution in [0.15, 0.2) is 12.2 Å². The lowest BCUT2D eigenvalue weighted by Crippen LogP contribution is -2.03. The molecule has 0 saturated heterocycles. The number of likely N-dealkylation sites (N-methyl/N-ethyl adjacent to an activating group) is 1. The number of rotatable bonds is 7. The summed E-state index contributed by atoms with van der Waals surface area (Å²) in [5.41, 5.74) is 0. The summed E-state index contributed by atoms with van der Waals surface area (Å²) in [7, 11) is 1.97. The molecule has 0 aromatic carbocycles. The van der Waals surface area contributed by atoms with Gasteiger partial charge >= 0.3 is 0 Å². The van der Waals surface area contributed by atoms with Gasteiger partial charge in [-0.2, -0.15) is 0 Å². The van der Waals surface area contributed by atoms with E-state index in [-0.39, 0.29) is 0 Å². The van der Waals surface area contributed by atoms with Gasteiger partial charge in [0.1, 0.15) is 0 Å². The Balaban J connectivity index is 2.89. The first-order valence-electron chi connectivity index (χ1n) is 4.71. The molecule has 0 unspecified atom stereocenters. The van der Waals surface area contributed by atoms with Crippen LogP contribution >= 0.6 is 0 Å². The molecular weight excluding hydrogens is 134 g/mol. The molecule has 0 aromatic rings. The summed E-state index contributed by atoms with van der Waals surface area (Å²) < 4.78 is 0. The minimum absolute atomic E-state index is 1.01. The summed E-state index contributed by atoms with van der Waals surface area (Å²) in [4.78, 5) is 0. The van der Waals surface area contributed by atoms with Crippen molar-refractivity contribution < 1.29 is 0 Å². The van der Waals surface area contributed by atoms with Crippen molar-refractivity contribution in [1.82, 2.24) is 5.32 Å². The van der Waals surface area contributed by atoms with E-state index >= 15 is 0 Å². The fourth-order valence-electron chi connectivity index (χ4n) is 1.01. The van der Waals surface area contributed by atoms with Gasteiger partial charge in [0, 0.05) is 6.54 Å². The largest absolute Gasteiger partial charge is 0.316 e. The predicted molar refractivity (Wildman–Crippen MR) is 51.8 cm³/mol. The van der Waals surface area contributed by atoms with Crippen molar-refractivity contribution in [2.24, 2.45) is 0 Å². The molecule has 0 rings (SSSR count). The van der Waals surface area contributed by atoms with Crippen molar-refractivity contribution in [3.63, 3.8) is 0 Å². The van der Waals surface area contributed by atoms with Crippen molar-refractivity contribution in [1.29, 1.82) is 0 Å². The number of allylic oxidation sites excluding steroid dienone is 1. The second kappa shape index (κ2) is 9.70. The summed E-state index contributed by atoms with van der Waals surface area (Å²) in [6.45, 7) is 3.25. The van der Waals surface area contributed by atoms with E-state index in [1.165, 1.54) is 32.1 Å². The number of nitrogens with one attached hydrogen (secondary N) is 1. The second-order valence-electron chi connectivity index (χ2n) is 2.88. The summed E-state index contributed by atoms with van der Waals surface area (Å²) >= 11 is 0. The molecule has 0 saturated carbocycles. The first-order chi connectivity index (χ1) is 5.41. The standard InChI is InChI=1S/C10H21N/c1-3-4-5-6-7-8-9-10-11-2/h8-9,11H,3-7,10H2,1-2H3/b9-8+. The quantitative estimate of drug-likeness (QED) is 0.440. The van der Waals surface area contributed by atoms with E-state index in [9.17, 15) is 0 Å². The van der Waals surface area contributed by atoms with Gasteiger partial charge in [0.05, 0.1) is 0 Å². The summed E-state index contributed by atoms with van der Waals surface area (Å²) in [5, 5.41) is 3.08. The van der Waals surface area contributed by atoms with Crippen molar-refractivity contribution in [2.75, 3.05) is 13.6 Å². The van der Waals surface area contributed by atoms with Crippen LogP contribution in [-0.2, 0) is 0 Å². The molecule has 0 heterocycles. The highest BCUT2D eigenvalue weighted by atomic mass is 14.8. The fourth-order valence-corrected chi connectivity index (χ4v) is 1.01. The zero-order valence-electron chi connectivity index (χ0n) is 7.90. The second-order valence-corrected chi connectivity index (χ2v) is 2.88. The van der Waals surface area contributed by atoms with Gasteiger partial charge in [-0.3, -0.25) is 0 Å². The first kappa shape index (κ1) is 10.7. The van der Waals surface area contributed by atoms with Gasteiger partial charge in [0.15, 0.2) is 0 Å². The van der Waals surface area contributed by atoms with Gasteiger partial charge in [-0.05, 0) is 19.9 Å². The molecule has 66 valence electrons. The Morgan fingerprint density at radius 2 is 1.91 bits per heavy atom. The van der Waals surface area contributed by atoms with Crippen LogP contribution in [0.25, 0.3) is 0 Å². The Morgan fingerprint density at radius 1 is 1.09 bits per heavy atom. The van der Waals surface area contributed by atoms with E-state index < -0.39 is 0 Å². The van der Waals surface area contributed by atoms with Crippen molar-refractivity contribution in [3.05, 3.63) is 12.2 Å². The third-order valence-electron chi connectivity index (χ3n) is 1.71. The van der Waals surface area contributed by atoms with Gasteiger partial charge in [-0.1, -0.05) is 38.3 Å². The van der Waals surface area contributed by atoms with E-state index in [1.807, 2.05) is 7.05 Å². The molecule has 0 atom stereocenters. The van der Waals surface area contributed by atoms with Crippen LogP contribution in [0.4, 0.5) is 0 Å². The van der Waals surface area contributed by atoms with Crippen LogP contribution in [0.1, 0.15) is 39.0 Å². The topological polar surface area (TPSA) is 12.0 Å². The lowest BCUT2D eigenvalue weighted by atomic mass is 10.1. The van der Waals surface area contributed by atoms with E-state index in [0.717, 1.165) is 6.54 Å². The monoisotopic (exact) mass is 155 g/mol. The van der Waals surface area contributed by atoms with Gasteiger partial charge in [0.25, 0.3) is 0 Å². The van der Waals surface area contributed by atoms with Crippen LogP contribution in [0, 0.1) is 0 Å². The highest BCUT2D eigenvalue weighted by molar-refractivity contribution is 4.82. The van der Waals surface area contributed by atoms with Gasteiger partial charge in [-0.25, -0.2) is 0 Å². The molecule has 0 aliphatic heterocycles. The zero-order valence-corrected chi connectivity index (χ0v) is 7.90. The molecule has 1 heteroatoms. The summed E-state index contributed by atoms with van der Waals surface area (Å²) in [6.07, 6.45) is 11.2. The minimum Gasteiger partial charge on any atom is -0.316 e. The normalized spacial score (nSPS) is 11.1. The average Bonchev–Trinajstić information content (AvgIpc) is 2.03. The number of hydrogen-bond donors (Lipinski definition) is 1. The van der Waals surface area contributed by atoms with E-state index in [0.29, 0.717) is 0 Å². The van der Waals surface area contributed by atoms with Gasteiger partial charge in [-0.15, -0.1) is 0 Å². The third kappa shape index (κ3) is 9.70. The molecule has 0 spiro atoms. The molecule has 1 nitrogen and oxygen atoms in total. The fraction of sp³-hybridized carbons (Fsp3) is 0.800. The molecule has 0 aromatic heterocycles. The molecule has 11 heavy (non-hydrogen) atoms. The lowest BCUT2D eigenvalue weighted by Gasteiger charge is -1.93. The van der Waals surface area contributed by atoms with Gasteiger partial charge in [0.2, 0.25) is 0 Å².